The number of nitrogens with zero attached hydrogens (tertiary/aromatic N) is 2. The van der Waals surface area contributed by atoms with Gasteiger partial charge in [-0.15, -0.1) is 0 Å². The SMILES string of the molecule is COc1ccc(C)cc1-c1cc(NC(C)C)ncn1. The Morgan fingerprint density at radius 3 is 2.63 bits per heavy atom. The summed E-state index contributed by atoms with van der Waals surface area (Å²) in [7, 11) is 1.67. The highest BCUT2D eigenvalue weighted by Gasteiger charge is 2.09. The van der Waals surface area contributed by atoms with Crippen LogP contribution in [0.15, 0.2) is 30.6 Å². The minimum atomic E-state index is 0.335. The molecule has 4 heteroatoms. The molecule has 2 rings (SSSR count). The maximum Gasteiger partial charge on any atom is 0.130 e. The lowest BCUT2D eigenvalue weighted by Crippen LogP contribution is -2.11. The van der Waals surface area contributed by atoms with Crippen molar-refractivity contribution in [2.45, 2.75) is 26.8 Å². The molecule has 4 nitrogen and oxygen atoms in total. The van der Waals surface area contributed by atoms with E-state index < -0.39 is 0 Å². The quantitative estimate of drug-likeness (QED) is 0.913. The number of hydrogen-bond donors (Lipinski definition) is 1. The minimum absolute atomic E-state index is 0.335. The molecule has 0 bridgehead atoms. The lowest BCUT2D eigenvalue weighted by molar-refractivity contribution is 0.416. The highest BCUT2D eigenvalue weighted by atomic mass is 16.5. The van der Waals surface area contributed by atoms with Crippen molar-refractivity contribution in [2.75, 3.05) is 12.4 Å². The second kappa shape index (κ2) is 5.69. The second-order valence-corrected chi connectivity index (χ2v) is 4.79. The molecular formula is C15H19N3O. The van der Waals surface area contributed by atoms with E-state index in [0.29, 0.717) is 6.04 Å². The largest absolute Gasteiger partial charge is 0.496 e. The molecule has 0 aliphatic carbocycles. The molecule has 19 heavy (non-hydrogen) atoms. The van der Waals surface area contributed by atoms with E-state index in [2.05, 4.69) is 42.1 Å². The van der Waals surface area contributed by atoms with Crippen LogP contribution in [0, 0.1) is 6.92 Å². The maximum absolute atomic E-state index is 5.39. The summed E-state index contributed by atoms with van der Waals surface area (Å²) >= 11 is 0. The predicted octanol–water partition coefficient (Wildman–Crippen LogP) is 3.28. The zero-order valence-corrected chi connectivity index (χ0v) is 11.8. The van der Waals surface area contributed by atoms with Crippen LogP contribution in [0.4, 0.5) is 5.82 Å². The van der Waals surface area contributed by atoms with Crippen molar-refractivity contribution >= 4 is 5.82 Å². The highest BCUT2D eigenvalue weighted by molar-refractivity contribution is 5.69. The van der Waals surface area contributed by atoms with Crippen molar-refractivity contribution in [1.82, 2.24) is 9.97 Å². The summed E-state index contributed by atoms with van der Waals surface area (Å²) in [6, 6.07) is 8.33. The van der Waals surface area contributed by atoms with Gasteiger partial charge in [0, 0.05) is 17.7 Å². The first kappa shape index (κ1) is 13.3. The fraction of sp³-hybridized carbons (Fsp3) is 0.333. The van der Waals surface area contributed by atoms with Gasteiger partial charge in [-0.1, -0.05) is 11.6 Å². The molecule has 0 spiro atoms. The third-order valence-electron chi connectivity index (χ3n) is 2.73. The third-order valence-corrected chi connectivity index (χ3v) is 2.73. The zero-order chi connectivity index (χ0) is 13.8. The van der Waals surface area contributed by atoms with Crippen molar-refractivity contribution in [1.29, 1.82) is 0 Å². The average molecular weight is 257 g/mol. The van der Waals surface area contributed by atoms with E-state index >= 15 is 0 Å². The molecule has 0 aliphatic rings. The average Bonchev–Trinajstić information content (AvgIpc) is 2.38. The Morgan fingerprint density at radius 2 is 1.95 bits per heavy atom. The fourth-order valence-electron chi connectivity index (χ4n) is 1.90. The molecule has 1 N–H and O–H groups in total. The normalized spacial score (nSPS) is 10.6. The van der Waals surface area contributed by atoms with Gasteiger partial charge in [-0.3, -0.25) is 0 Å². The summed E-state index contributed by atoms with van der Waals surface area (Å²) in [5.74, 6) is 1.64. The number of rotatable bonds is 4. The molecule has 0 fully saturated rings. The summed E-state index contributed by atoms with van der Waals surface area (Å²) in [6.45, 7) is 6.21. The van der Waals surface area contributed by atoms with E-state index in [-0.39, 0.29) is 0 Å². The summed E-state index contributed by atoms with van der Waals surface area (Å²) in [5.41, 5.74) is 3.02. The number of ether oxygens (including phenoxy) is 1. The van der Waals surface area contributed by atoms with Gasteiger partial charge in [0.05, 0.1) is 12.8 Å². The summed E-state index contributed by atoms with van der Waals surface area (Å²) in [6.07, 6.45) is 1.57. The van der Waals surface area contributed by atoms with Crippen LogP contribution in [0.25, 0.3) is 11.3 Å². The second-order valence-electron chi connectivity index (χ2n) is 4.79. The minimum Gasteiger partial charge on any atom is -0.496 e. The van der Waals surface area contributed by atoms with Crippen molar-refractivity contribution < 1.29 is 4.74 Å². The van der Waals surface area contributed by atoms with Gasteiger partial charge in [-0.2, -0.15) is 0 Å². The number of hydrogen-bond acceptors (Lipinski definition) is 4. The van der Waals surface area contributed by atoms with E-state index in [1.54, 1.807) is 13.4 Å². The Morgan fingerprint density at radius 1 is 1.16 bits per heavy atom. The number of aromatic nitrogens is 2. The van der Waals surface area contributed by atoms with Gasteiger partial charge in [0.1, 0.15) is 17.9 Å². The monoisotopic (exact) mass is 257 g/mol. The van der Waals surface area contributed by atoms with Crippen molar-refractivity contribution in [2.24, 2.45) is 0 Å². The van der Waals surface area contributed by atoms with Crippen molar-refractivity contribution in [3.63, 3.8) is 0 Å². The Bertz CT molecular complexity index is 567. The Balaban J connectivity index is 2.43. The summed E-state index contributed by atoms with van der Waals surface area (Å²) in [4.78, 5) is 8.56. The maximum atomic E-state index is 5.39. The van der Waals surface area contributed by atoms with E-state index in [4.69, 9.17) is 4.74 Å². The van der Waals surface area contributed by atoms with Crippen LogP contribution in [0.3, 0.4) is 0 Å². The van der Waals surface area contributed by atoms with Gasteiger partial charge in [-0.25, -0.2) is 9.97 Å². The topological polar surface area (TPSA) is 47.0 Å². The van der Waals surface area contributed by atoms with E-state index in [1.165, 1.54) is 5.56 Å². The van der Waals surface area contributed by atoms with Gasteiger partial charge in [0.2, 0.25) is 0 Å². The van der Waals surface area contributed by atoms with Crippen molar-refractivity contribution in [3.8, 4) is 17.0 Å². The summed E-state index contributed by atoms with van der Waals surface area (Å²) < 4.78 is 5.39. The molecule has 1 aromatic carbocycles. The first-order chi connectivity index (χ1) is 9.10. The molecule has 100 valence electrons. The number of aryl methyl sites for hydroxylation is 1. The van der Waals surface area contributed by atoms with Gasteiger partial charge in [0.25, 0.3) is 0 Å². The third kappa shape index (κ3) is 3.22. The van der Waals surface area contributed by atoms with Crippen LogP contribution in [-0.2, 0) is 0 Å². The molecule has 0 saturated heterocycles. The molecule has 1 heterocycles. The van der Waals surface area contributed by atoms with E-state index in [9.17, 15) is 0 Å². The van der Waals surface area contributed by atoms with Gasteiger partial charge in [-0.05, 0) is 32.9 Å². The van der Waals surface area contributed by atoms with E-state index in [1.807, 2.05) is 18.2 Å². The first-order valence-electron chi connectivity index (χ1n) is 6.33. The van der Waals surface area contributed by atoms with Crippen LogP contribution in [0.5, 0.6) is 5.75 Å². The Hall–Kier alpha value is -2.10. The smallest absolute Gasteiger partial charge is 0.130 e. The molecule has 0 amide bonds. The van der Waals surface area contributed by atoms with Crippen LogP contribution >= 0.6 is 0 Å². The lowest BCUT2D eigenvalue weighted by Gasteiger charge is -2.12. The molecular weight excluding hydrogens is 238 g/mol. The van der Waals surface area contributed by atoms with Gasteiger partial charge in [0.15, 0.2) is 0 Å². The number of nitrogens with one attached hydrogen (secondary N) is 1. The number of methoxy groups -OCH3 is 1. The van der Waals surface area contributed by atoms with Crippen LogP contribution < -0.4 is 10.1 Å². The van der Waals surface area contributed by atoms with Crippen LogP contribution in [0.2, 0.25) is 0 Å². The van der Waals surface area contributed by atoms with Gasteiger partial charge >= 0.3 is 0 Å². The summed E-state index contributed by atoms with van der Waals surface area (Å²) in [5, 5.41) is 3.28. The predicted molar refractivity (Wildman–Crippen MR) is 77.5 cm³/mol. The first-order valence-corrected chi connectivity index (χ1v) is 6.33. The standard InChI is InChI=1S/C15H19N3O/c1-10(2)18-15-8-13(16-9-17-15)12-7-11(3)5-6-14(12)19-4/h5-10H,1-4H3,(H,16,17,18). The molecule has 2 aromatic rings. The van der Waals surface area contributed by atoms with Crippen LogP contribution in [0.1, 0.15) is 19.4 Å². The molecule has 0 radical (unpaired) electrons. The van der Waals surface area contributed by atoms with Crippen LogP contribution in [-0.4, -0.2) is 23.1 Å². The van der Waals surface area contributed by atoms with Crippen molar-refractivity contribution in [3.05, 3.63) is 36.2 Å². The number of anilines is 1. The molecule has 0 aliphatic heterocycles. The fourth-order valence-corrected chi connectivity index (χ4v) is 1.90. The zero-order valence-electron chi connectivity index (χ0n) is 11.8. The lowest BCUT2D eigenvalue weighted by atomic mass is 10.1. The number of benzene rings is 1. The van der Waals surface area contributed by atoms with E-state index in [0.717, 1.165) is 22.8 Å². The molecule has 0 unspecified atom stereocenters. The Labute approximate surface area is 113 Å². The molecule has 0 atom stereocenters. The Kier molecular flexibility index (Phi) is 4.00. The highest BCUT2D eigenvalue weighted by Crippen LogP contribution is 2.30. The molecule has 1 aromatic heterocycles. The molecule has 0 saturated carbocycles. The van der Waals surface area contributed by atoms with Gasteiger partial charge < -0.3 is 10.1 Å².